The first kappa shape index (κ1) is 14.4. The Morgan fingerprint density at radius 3 is 2.47 bits per heavy atom. The molecule has 2 N–H and O–H groups in total. The second-order valence-corrected chi connectivity index (χ2v) is 4.59. The van der Waals surface area contributed by atoms with Crippen molar-refractivity contribution in [3.8, 4) is 0 Å². The lowest BCUT2D eigenvalue weighted by Crippen LogP contribution is -2.38. The zero-order chi connectivity index (χ0) is 11.9. The molecular weight excluding hydrogens is 194 g/mol. The number of carbonyl (C=O) groups is 1. The summed E-state index contributed by atoms with van der Waals surface area (Å²) in [5.41, 5.74) is -0.201. The fourth-order valence-corrected chi connectivity index (χ4v) is 1.11. The smallest absolute Gasteiger partial charge is 0.320 e. The van der Waals surface area contributed by atoms with E-state index in [2.05, 4.69) is 5.32 Å². The van der Waals surface area contributed by atoms with Crippen molar-refractivity contribution in [2.75, 3.05) is 13.2 Å². The van der Waals surface area contributed by atoms with Crippen LogP contribution in [-0.2, 0) is 9.53 Å². The Kier molecular flexibility index (Phi) is 6.52. The third-order valence-electron chi connectivity index (χ3n) is 1.88. The van der Waals surface area contributed by atoms with Crippen molar-refractivity contribution in [1.82, 2.24) is 5.32 Å². The standard InChI is InChI=1S/C11H23NO3/c1-5-7-12-9(10(13)14)6-8-15-11(2,3)4/h9,12H,5-8H2,1-4H3,(H,13,14). The van der Waals surface area contributed by atoms with Gasteiger partial charge in [0.1, 0.15) is 6.04 Å². The van der Waals surface area contributed by atoms with E-state index in [4.69, 9.17) is 9.84 Å². The summed E-state index contributed by atoms with van der Waals surface area (Å²) in [6.45, 7) is 9.09. The maximum atomic E-state index is 10.8. The van der Waals surface area contributed by atoms with Crippen molar-refractivity contribution in [3.63, 3.8) is 0 Å². The molecule has 0 saturated heterocycles. The van der Waals surface area contributed by atoms with Gasteiger partial charge in [-0.3, -0.25) is 4.79 Å². The van der Waals surface area contributed by atoms with E-state index in [1.54, 1.807) is 0 Å². The molecule has 0 radical (unpaired) electrons. The average Bonchev–Trinajstić information content (AvgIpc) is 2.08. The monoisotopic (exact) mass is 217 g/mol. The van der Waals surface area contributed by atoms with Crippen molar-refractivity contribution in [1.29, 1.82) is 0 Å². The lowest BCUT2D eigenvalue weighted by Gasteiger charge is -2.21. The minimum atomic E-state index is -0.805. The number of ether oxygens (including phenoxy) is 1. The second-order valence-electron chi connectivity index (χ2n) is 4.59. The summed E-state index contributed by atoms with van der Waals surface area (Å²) in [5, 5.41) is 11.9. The zero-order valence-electron chi connectivity index (χ0n) is 10.2. The molecule has 0 aliphatic heterocycles. The van der Waals surface area contributed by atoms with Crippen molar-refractivity contribution in [3.05, 3.63) is 0 Å². The molecule has 0 aromatic heterocycles. The highest BCUT2D eigenvalue weighted by molar-refractivity contribution is 5.73. The molecule has 0 amide bonds. The predicted octanol–water partition coefficient (Wildman–Crippen LogP) is 1.64. The molecule has 4 heteroatoms. The fourth-order valence-electron chi connectivity index (χ4n) is 1.11. The molecule has 0 fully saturated rings. The van der Waals surface area contributed by atoms with Crippen molar-refractivity contribution in [2.45, 2.75) is 52.2 Å². The van der Waals surface area contributed by atoms with E-state index in [0.29, 0.717) is 13.0 Å². The van der Waals surface area contributed by atoms with Gasteiger partial charge in [-0.1, -0.05) is 6.92 Å². The van der Waals surface area contributed by atoms with Gasteiger partial charge >= 0.3 is 5.97 Å². The maximum Gasteiger partial charge on any atom is 0.320 e. The van der Waals surface area contributed by atoms with Crippen LogP contribution in [0, 0.1) is 0 Å². The normalized spacial score (nSPS) is 13.9. The highest BCUT2D eigenvalue weighted by Gasteiger charge is 2.17. The number of aliphatic carboxylic acids is 1. The van der Waals surface area contributed by atoms with Crippen LogP contribution in [0.25, 0.3) is 0 Å². The van der Waals surface area contributed by atoms with Crippen molar-refractivity contribution >= 4 is 5.97 Å². The third-order valence-corrected chi connectivity index (χ3v) is 1.88. The topological polar surface area (TPSA) is 58.6 Å². The van der Waals surface area contributed by atoms with Crippen LogP contribution < -0.4 is 5.32 Å². The van der Waals surface area contributed by atoms with E-state index in [9.17, 15) is 4.79 Å². The summed E-state index contributed by atoms with van der Waals surface area (Å²) >= 11 is 0. The van der Waals surface area contributed by atoms with E-state index >= 15 is 0 Å². The molecule has 1 atom stereocenters. The number of nitrogens with one attached hydrogen (secondary N) is 1. The van der Waals surface area contributed by atoms with Crippen LogP contribution in [0.3, 0.4) is 0 Å². The lowest BCUT2D eigenvalue weighted by molar-refractivity contribution is -0.140. The van der Waals surface area contributed by atoms with Crippen LogP contribution in [0.1, 0.15) is 40.5 Å². The summed E-state index contributed by atoms with van der Waals surface area (Å²) < 4.78 is 5.49. The Balaban J connectivity index is 3.81. The number of rotatable bonds is 7. The Labute approximate surface area is 92.0 Å². The van der Waals surface area contributed by atoms with Gasteiger partial charge < -0.3 is 15.2 Å². The zero-order valence-corrected chi connectivity index (χ0v) is 10.2. The SMILES string of the molecule is CCCNC(CCOC(C)(C)C)C(=O)O. The Bertz CT molecular complexity index is 187. The quantitative estimate of drug-likeness (QED) is 0.680. The number of hydrogen-bond donors (Lipinski definition) is 2. The van der Waals surface area contributed by atoms with Gasteiger partial charge in [0.15, 0.2) is 0 Å². The van der Waals surface area contributed by atoms with E-state index in [-0.39, 0.29) is 5.60 Å². The average molecular weight is 217 g/mol. The second kappa shape index (κ2) is 6.80. The summed E-state index contributed by atoms with van der Waals surface area (Å²) in [5.74, 6) is -0.805. The van der Waals surface area contributed by atoms with Gasteiger partial charge in [0.25, 0.3) is 0 Å². The highest BCUT2D eigenvalue weighted by Crippen LogP contribution is 2.07. The van der Waals surface area contributed by atoms with Gasteiger partial charge in [-0.15, -0.1) is 0 Å². The summed E-state index contributed by atoms with van der Waals surface area (Å²) in [7, 11) is 0. The molecule has 0 aromatic carbocycles. The molecule has 0 bridgehead atoms. The highest BCUT2D eigenvalue weighted by atomic mass is 16.5. The molecule has 1 unspecified atom stereocenters. The first-order chi connectivity index (χ1) is 6.87. The minimum absolute atomic E-state index is 0.201. The van der Waals surface area contributed by atoms with E-state index < -0.39 is 12.0 Å². The van der Waals surface area contributed by atoms with Crippen molar-refractivity contribution in [2.24, 2.45) is 0 Å². The van der Waals surface area contributed by atoms with Gasteiger partial charge in [0.05, 0.1) is 5.60 Å². The van der Waals surface area contributed by atoms with Gasteiger partial charge in [-0.2, -0.15) is 0 Å². The molecule has 15 heavy (non-hydrogen) atoms. The number of carboxylic acids is 1. The number of carboxylic acid groups (broad SMARTS) is 1. The Morgan fingerprint density at radius 1 is 1.47 bits per heavy atom. The largest absolute Gasteiger partial charge is 0.480 e. The third kappa shape index (κ3) is 8.39. The molecule has 0 aliphatic rings. The van der Waals surface area contributed by atoms with Crippen LogP contribution in [0.15, 0.2) is 0 Å². The fraction of sp³-hybridized carbons (Fsp3) is 0.909. The van der Waals surface area contributed by atoms with Crippen LogP contribution >= 0.6 is 0 Å². The molecule has 0 aromatic rings. The summed E-state index contributed by atoms with van der Waals surface area (Å²) in [6.07, 6.45) is 1.44. The first-order valence-electron chi connectivity index (χ1n) is 5.47. The van der Waals surface area contributed by atoms with E-state index in [1.165, 1.54) is 0 Å². The predicted molar refractivity (Wildman–Crippen MR) is 60.0 cm³/mol. The molecular formula is C11H23NO3. The minimum Gasteiger partial charge on any atom is -0.480 e. The van der Waals surface area contributed by atoms with Crippen LogP contribution in [0.5, 0.6) is 0 Å². The van der Waals surface area contributed by atoms with Crippen LogP contribution in [0.4, 0.5) is 0 Å². The summed E-state index contributed by atoms with van der Waals surface area (Å²) in [4.78, 5) is 10.8. The van der Waals surface area contributed by atoms with Gasteiger partial charge in [-0.05, 0) is 40.2 Å². The van der Waals surface area contributed by atoms with Gasteiger partial charge in [0.2, 0.25) is 0 Å². The van der Waals surface area contributed by atoms with Gasteiger partial charge in [-0.25, -0.2) is 0 Å². The van der Waals surface area contributed by atoms with E-state index in [1.807, 2.05) is 27.7 Å². The number of hydrogen-bond acceptors (Lipinski definition) is 3. The molecule has 0 rings (SSSR count). The molecule has 0 saturated carbocycles. The molecule has 0 aliphatic carbocycles. The molecule has 0 heterocycles. The molecule has 0 spiro atoms. The Hall–Kier alpha value is -0.610. The molecule has 90 valence electrons. The van der Waals surface area contributed by atoms with Gasteiger partial charge in [0, 0.05) is 6.61 Å². The lowest BCUT2D eigenvalue weighted by atomic mass is 10.1. The van der Waals surface area contributed by atoms with E-state index in [0.717, 1.165) is 13.0 Å². The van der Waals surface area contributed by atoms with Crippen molar-refractivity contribution < 1.29 is 14.6 Å². The Morgan fingerprint density at radius 2 is 2.07 bits per heavy atom. The summed E-state index contributed by atoms with van der Waals surface area (Å²) in [6, 6.07) is -0.493. The first-order valence-corrected chi connectivity index (χ1v) is 5.47. The van der Waals surface area contributed by atoms with Crippen LogP contribution in [-0.4, -0.2) is 35.9 Å². The molecule has 4 nitrogen and oxygen atoms in total. The maximum absolute atomic E-state index is 10.8. The van der Waals surface area contributed by atoms with Crippen LogP contribution in [0.2, 0.25) is 0 Å².